The van der Waals surface area contributed by atoms with E-state index in [-0.39, 0.29) is 5.56 Å². The van der Waals surface area contributed by atoms with E-state index in [9.17, 15) is 4.79 Å². The molecule has 0 atom stereocenters. The molecule has 0 saturated carbocycles. The highest BCUT2D eigenvalue weighted by Crippen LogP contribution is 2.23. The van der Waals surface area contributed by atoms with E-state index < -0.39 is 0 Å². The van der Waals surface area contributed by atoms with Crippen LogP contribution in [-0.4, -0.2) is 43.3 Å². The van der Waals surface area contributed by atoms with Gasteiger partial charge in [0.1, 0.15) is 5.75 Å². The van der Waals surface area contributed by atoms with Crippen molar-refractivity contribution in [3.63, 3.8) is 0 Å². The summed E-state index contributed by atoms with van der Waals surface area (Å²) in [4.78, 5) is 24.3. The topological polar surface area (TPSA) is 61.5 Å². The molecule has 2 heterocycles. The van der Waals surface area contributed by atoms with Gasteiger partial charge in [0.25, 0.3) is 5.56 Å². The average Bonchev–Trinajstić information content (AvgIpc) is 2.73. The third kappa shape index (κ3) is 3.86. The van der Waals surface area contributed by atoms with E-state index in [1.165, 1.54) is 17.3 Å². The Morgan fingerprint density at radius 2 is 1.68 bits per heavy atom. The molecular weight excluding hydrogens is 352 g/mol. The highest BCUT2D eigenvalue weighted by Gasteiger charge is 2.20. The third-order valence-electron chi connectivity index (χ3n) is 5.06. The van der Waals surface area contributed by atoms with Crippen LogP contribution >= 0.6 is 0 Å². The number of aromatic nitrogens is 2. The number of piperazine rings is 1. The number of hydrogen-bond donors (Lipinski definition) is 1. The number of anilines is 2. The lowest BCUT2D eigenvalue weighted by Gasteiger charge is -2.36. The van der Waals surface area contributed by atoms with Gasteiger partial charge < -0.3 is 14.5 Å². The second kappa shape index (κ2) is 7.76. The van der Waals surface area contributed by atoms with Gasteiger partial charge in [-0.15, -0.1) is 0 Å². The second-order valence-corrected chi connectivity index (χ2v) is 7.00. The molecule has 1 aliphatic rings. The monoisotopic (exact) mass is 376 g/mol. The SMILES string of the molecule is COc1ccc(-c2cc(=O)[nH]c(N3CCN(c4cccc(C)c4)CC3)n2)cc1. The van der Waals surface area contributed by atoms with Crippen LogP contribution in [0.4, 0.5) is 11.6 Å². The van der Waals surface area contributed by atoms with Crippen molar-refractivity contribution >= 4 is 11.6 Å². The maximum atomic E-state index is 12.2. The Balaban J connectivity index is 1.52. The zero-order valence-corrected chi connectivity index (χ0v) is 16.2. The summed E-state index contributed by atoms with van der Waals surface area (Å²) in [5, 5.41) is 0. The Morgan fingerprint density at radius 1 is 0.964 bits per heavy atom. The largest absolute Gasteiger partial charge is 0.497 e. The Labute approximate surface area is 164 Å². The molecule has 0 spiro atoms. The molecule has 2 aromatic carbocycles. The summed E-state index contributed by atoms with van der Waals surface area (Å²) in [5.41, 5.74) is 3.93. The first-order valence-corrected chi connectivity index (χ1v) is 9.45. The maximum absolute atomic E-state index is 12.2. The molecule has 6 heteroatoms. The number of benzene rings is 2. The van der Waals surface area contributed by atoms with Gasteiger partial charge in [-0.25, -0.2) is 4.98 Å². The minimum Gasteiger partial charge on any atom is -0.497 e. The van der Waals surface area contributed by atoms with Gasteiger partial charge in [-0.2, -0.15) is 0 Å². The quantitative estimate of drug-likeness (QED) is 0.758. The van der Waals surface area contributed by atoms with E-state index >= 15 is 0 Å². The van der Waals surface area contributed by atoms with E-state index in [1.807, 2.05) is 24.3 Å². The van der Waals surface area contributed by atoms with Crippen molar-refractivity contribution in [2.75, 3.05) is 43.1 Å². The van der Waals surface area contributed by atoms with E-state index in [0.29, 0.717) is 11.6 Å². The van der Waals surface area contributed by atoms with Crippen LogP contribution < -0.4 is 20.1 Å². The lowest BCUT2D eigenvalue weighted by molar-refractivity contribution is 0.415. The van der Waals surface area contributed by atoms with Crippen LogP contribution in [0.15, 0.2) is 59.4 Å². The molecule has 4 rings (SSSR count). The molecule has 144 valence electrons. The van der Waals surface area contributed by atoms with Crippen molar-refractivity contribution < 1.29 is 4.74 Å². The van der Waals surface area contributed by atoms with Crippen LogP contribution in [0.2, 0.25) is 0 Å². The molecule has 0 unspecified atom stereocenters. The van der Waals surface area contributed by atoms with Gasteiger partial charge in [0, 0.05) is 43.5 Å². The van der Waals surface area contributed by atoms with Crippen molar-refractivity contribution in [1.29, 1.82) is 0 Å². The first-order valence-electron chi connectivity index (χ1n) is 9.45. The van der Waals surface area contributed by atoms with Gasteiger partial charge in [-0.05, 0) is 48.9 Å². The number of methoxy groups -OCH3 is 1. The molecule has 0 bridgehead atoms. The summed E-state index contributed by atoms with van der Waals surface area (Å²) in [6.07, 6.45) is 0. The van der Waals surface area contributed by atoms with Crippen molar-refractivity contribution in [3.05, 3.63) is 70.5 Å². The van der Waals surface area contributed by atoms with E-state index in [2.05, 4.69) is 46.0 Å². The number of H-pyrrole nitrogens is 1. The zero-order chi connectivity index (χ0) is 19.5. The Kier molecular flexibility index (Phi) is 5.02. The minimum atomic E-state index is -0.142. The first-order chi connectivity index (χ1) is 13.6. The number of hydrogen-bond acceptors (Lipinski definition) is 5. The van der Waals surface area contributed by atoms with Crippen LogP contribution in [0.25, 0.3) is 11.3 Å². The summed E-state index contributed by atoms with van der Waals surface area (Å²) in [6.45, 7) is 5.50. The van der Waals surface area contributed by atoms with Gasteiger partial charge in [0.15, 0.2) is 0 Å². The standard InChI is InChI=1S/C22H24N4O2/c1-16-4-3-5-18(14-16)25-10-12-26(13-11-25)22-23-20(15-21(27)24-22)17-6-8-19(28-2)9-7-17/h3-9,14-15H,10-13H2,1-2H3,(H,23,24,27). The molecular formula is C22H24N4O2. The predicted octanol–water partition coefficient (Wildman–Crippen LogP) is 3.08. The van der Waals surface area contributed by atoms with Gasteiger partial charge in [-0.3, -0.25) is 9.78 Å². The molecule has 1 aromatic heterocycles. The minimum absolute atomic E-state index is 0.142. The smallest absolute Gasteiger partial charge is 0.252 e. The summed E-state index contributed by atoms with van der Waals surface area (Å²) in [5.74, 6) is 1.41. The number of ether oxygens (including phenoxy) is 1. The molecule has 0 radical (unpaired) electrons. The van der Waals surface area contributed by atoms with Crippen LogP contribution in [0.5, 0.6) is 5.75 Å². The van der Waals surface area contributed by atoms with Crippen LogP contribution in [0.1, 0.15) is 5.56 Å². The van der Waals surface area contributed by atoms with Crippen molar-refractivity contribution in [2.45, 2.75) is 6.92 Å². The number of aromatic amines is 1. The highest BCUT2D eigenvalue weighted by molar-refractivity contribution is 5.61. The Bertz CT molecular complexity index is 1010. The number of nitrogens with zero attached hydrogens (tertiary/aromatic N) is 3. The summed E-state index contributed by atoms with van der Waals surface area (Å²) >= 11 is 0. The second-order valence-electron chi connectivity index (χ2n) is 7.00. The summed E-state index contributed by atoms with van der Waals surface area (Å²) in [7, 11) is 1.63. The molecule has 1 fully saturated rings. The van der Waals surface area contributed by atoms with E-state index in [4.69, 9.17) is 9.72 Å². The van der Waals surface area contributed by atoms with Crippen molar-refractivity contribution in [3.8, 4) is 17.0 Å². The molecule has 28 heavy (non-hydrogen) atoms. The van der Waals surface area contributed by atoms with Gasteiger partial charge >= 0.3 is 0 Å². The van der Waals surface area contributed by atoms with E-state index in [1.54, 1.807) is 7.11 Å². The average molecular weight is 376 g/mol. The lowest BCUT2D eigenvalue weighted by atomic mass is 10.1. The molecule has 3 aromatic rings. The molecule has 1 N–H and O–H groups in total. The Hall–Kier alpha value is -3.28. The zero-order valence-electron chi connectivity index (χ0n) is 16.2. The fourth-order valence-corrected chi connectivity index (χ4v) is 3.51. The van der Waals surface area contributed by atoms with Crippen molar-refractivity contribution in [1.82, 2.24) is 9.97 Å². The molecule has 1 aliphatic heterocycles. The van der Waals surface area contributed by atoms with Crippen LogP contribution in [-0.2, 0) is 0 Å². The normalized spacial score (nSPS) is 14.2. The van der Waals surface area contributed by atoms with Gasteiger partial charge in [0.05, 0.1) is 12.8 Å². The van der Waals surface area contributed by atoms with Gasteiger partial charge in [0.2, 0.25) is 5.95 Å². The number of aryl methyl sites for hydroxylation is 1. The molecule has 6 nitrogen and oxygen atoms in total. The molecule has 1 saturated heterocycles. The van der Waals surface area contributed by atoms with E-state index in [0.717, 1.165) is 37.5 Å². The Morgan fingerprint density at radius 3 is 2.36 bits per heavy atom. The number of nitrogens with one attached hydrogen (secondary N) is 1. The maximum Gasteiger partial charge on any atom is 0.252 e. The van der Waals surface area contributed by atoms with Gasteiger partial charge in [-0.1, -0.05) is 12.1 Å². The fraction of sp³-hybridized carbons (Fsp3) is 0.273. The fourth-order valence-electron chi connectivity index (χ4n) is 3.51. The van der Waals surface area contributed by atoms with Crippen LogP contribution in [0.3, 0.4) is 0 Å². The predicted molar refractivity (Wildman–Crippen MR) is 112 cm³/mol. The lowest BCUT2D eigenvalue weighted by Crippen LogP contribution is -2.47. The number of rotatable bonds is 4. The summed E-state index contributed by atoms with van der Waals surface area (Å²) in [6, 6.07) is 17.7. The molecule has 0 amide bonds. The van der Waals surface area contributed by atoms with Crippen LogP contribution in [0, 0.1) is 6.92 Å². The third-order valence-corrected chi connectivity index (χ3v) is 5.06. The first kappa shape index (κ1) is 18.1. The molecule has 0 aliphatic carbocycles. The van der Waals surface area contributed by atoms with Crippen molar-refractivity contribution in [2.24, 2.45) is 0 Å². The summed E-state index contributed by atoms with van der Waals surface area (Å²) < 4.78 is 5.20. The highest BCUT2D eigenvalue weighted by atomic mass is 16.5.